The second kappa shape index (κ2) is 11.7. The Morgan fingerprint density at radius 3 is 2.30 bits per heavy atom. The summed E-state index contributed by atoms with van der Waals surface area (Å²) >= 11 is 0. The molecule has 0 atom stereocenters. The molecule has 0 aliphatic heterocycles. The van der Waals surface area contributed by atoms with Crippen LogP contribution in [0, 0.1) is 11.3 Å². The summed E-state index contributed by atoms with van der Waals surface area (Å²) in [6.45, 7) is 7.97. The van der Waals surface area contributed by atoms with Crippen LogP contribution in [0.4, 0.5) is 0 Å². The molecule has 1 aliphatic rings. The van der Waals surface area contributed by atoms with Gasteiger partial charge in [-0.15, -0.1) is 0 Å². The van der Waals surface area contributed by atoms with Gasteiger partial charge in [0.25, 0.3) is 10.0 Å². The van der Waals surface area contributed by atoms with Gasteiger partial charge in [-0.05, 0) is 83.7 Å². The molecule has 1 aliphatic carbocycles. The van der Waals surface area contributed by atoms with Gasteiger partial charge in [-0.1, -0.05) is 57.2 Å². The number of hydrogen-bond donors (Lipinski definition) is 2. The number of carbonyl (C=O) groups is 1. The SMILES string of the molecule is CC(C)(C)C1CCC(Oc2ccc3cc(CNCCC(=O)NS(=O)(=O)c4ccccc4)ccc3c2)CC1. The molecule has 0 heterocycles. The van der Waals surface area contributed by atoms with Crippen molar-refractivity contribution >= 4 is 26.7 Å². The summed E-state index contributed by atoms with van der Waals surface area (Å²) in [6.07, 6.45) is 5.03. The van der Waals surface area contributed by atoms with Crippen molar-refractivity contribution in [3.05, 3.63) is 72.3 Å². The topological polar surface area (TPSA) is 84.5 Å². The first-order valence-electron chi connectivity index (χ1n) is 13.1. The first-order chi connectivity index (χ1) is 17.6. The summed E-state index contributed by atoms with van der Waals surface area (Å²) in [6, 6.07) is 20.4. The van der Waals surface area contributed by atoms with Crippen LogP contribution in [-0.4, -0.2) is 27.0 Å². The fourth-order valence-electron chi connectivity index (χ4n) is 4.99. The van der Waals surface area contributed by atoms with Crippen LogP contribution in [0.2, 0.25) is 0 Å². The van der Waals surface area contributed by atoms with Crippen molar-refractivity contribution in [1.29, 1.82) is 0 Å². The summed E-state index contributed by atoms with van der Waals surface area (Å²) in [5.74, 6) is 1.16. The number of carbonyl (C=O) groups excluding carboxylic acids is 1. The summed E-state index contributed by atoms with van der Waals surface area (Å²) in [4.78, 5) is 12.2. The molecule has 0 aromatic heterocycles. The Balaban J connectivity index is 1.23. The Bertz CT molecular complexity index is 1310. The van der Waals surface area contributed by atoms with Crippen LogP contribution in [0.25, 0.3) is 10.8 Å². The van der Waals surface area contributed by atoms with Crippen LogP contribution >= 0.6 is 0 Å². The van der Waals surface area contributed by atoms with E-state index in [0.717, 1.165) is 40.8 Å². The highest BCUT2D eigenvalue weighted by Crippen LogP contribution is 2.39. The maximum absolute atomic E-state index is 12.2. The van der Waals surface area contributed by atoms with E-state index in [1.165, 1.54) is 25.0 Å². The second-order valence-corrected chi connectivity index (χ2v) is 12.8. The minimum Gasteiger partial charge on any atom is -0.490 e. The monoisotopic (exact) mass is 522 g/mol. The van der Waals surface area contributed by atoms with E-state index in [-0.39, 0.29) is 11.3 Å². The van der Waals surface area contributed by atoms with Gasteiger partial charge in [0, 0.05) is 19.5 Å². The molecule has 0 bridgehead atoms. The van der Waals surface area contributed by atoms with Gasteiger partial charge >= 0.3 is 0 Å². The van der Waals surface area contributed by atoms with Gasteiger partial charge in [-0.3, -0.25) is 4.79 Å². The number of sulfonamides is 1. The molecular weight excluding hydrogens is 484 g/mol. The van der Waals surface area contributed by atoms with E-state index >= 15 is 0 Å². The predicted molar refractivity (Wildman–Crippen MR) is 148 cm³/mol. The zero-order valence-electron chi connectivity index (χ0n) is 22.0. The minimum atomic E-state index is -3.83. The molecule has 198 valence electrons. The molecule has 2 N–H and O–H groups in total. The highest BCUT2D eigenvalue weighted by molar-refractivity contribution is 7.90. The molecular formula is C30H38N2O4S. The molecule has 0 radical (unpaired) electrons. The molecule has 1 saturated carbocycles. The maximum Gasteiger partial charge on any atom is 0.264 e. The third kappa shape index (κ3) is 7.55. The fourth-order valence-corrected chi connectivity index (χ4v) is 6.02. The lowest BCUT2D eigenvalue weighted by Gasteiger charge is -2.37. The van der Waals surface area contributed by atoms with Crippen LogP contribution in [-0.2, 0) is 21.4 Å². The summed E-state index contributed by atoms with van der Waals surface area (Å²) in [5.41, 5.74) is 1.47. The van der Waals surface area contributed by atoms with Gasteiger partial charge < -0.3 is 10.1 Å². The molecule has 0 spiro atoms. The van der Waals surface area contributed by atoms with E-state index in [9.17, 15) is 13.2 Å². The summed E-state index contributed by atoms with van der Waals surface area (Å²) in [5, 5.41) is 5.49. The number of nitrogens with one attached hydrogen (secondary N) is 2. The Morgan fingerprint density at radius 2 is 1.59 bits per heavy atom. The van der Waals surface area contributed by atoms with Gasteiger partial charge in [-0.25, -0.2) is 13.1 Å². The fraction of sp³-hybridized carbons (Fsp3) is 0.433. The minimum absolute atomic E-state index is 0.0675. The van der Waals surface area contributed by atoms with Crippen LogP contribution in [0.5, 0.6) is 5.75 Å². The molecule has 6 nitrogen and oxygen atoms in total. The van der Waals surface area contributed by atoms with Crippen molar-refractivity contribution in [3.8, 4) is 5.75 Å². The van der Waals surface area contributed by atoms with Crippen LogP contribution in [0.3, 0.4) is 0 Å². The number of benzene rings is 3. The lowest BCUT2D eigenvalue weighted by molar-refractivity contribution is -0.119. The van der Waals surface area contributed by atoms with Crippen molar-refractivity contribution in [1.82, 2.24) is 10.0 Å². The second-order valence-electron chi connectivity index (χ2n) is 11.1. The van der Waals surface area contributed by atoms with Crippen molar-refractivity contribution < 1.29 is 17.9 Å². The molecule has 4 rings (SSSR count). The molecule has 3 aromatic rings. The highest BCUT2D eigenvalue weighted by atomic mass is 32.2. The van der Waals surface area contributed by atoms with Crippen molar-refractivity contribution in [2.45, 2.75) is 70.4 Å². The molecule has 0 saturated heterocycles. The van der Waals surface area contributed by atoms with Crippen LogP contribution < -0.4 is 14.8 Å². The van der Waals surface area contributed by atoms with Gasteiger partial charge in [0.1, 0.15) is 5.75 Å². The predicted octanol–water partition coefficient (Wildman–Crippen LogP) is 5.81. The van der Waals surface area contributed by atoms with Crippen LogP contribution in [0.1, 0.15) is 58.4 Å². The van der Waals surface area contributed by atoms with Crippen molar-refractivity contribution in [3.63, 3.8) is 0 Å². The number of amides is 1. The zero-order chi connectivity index (χ0) is 26.5. The first-order valence-corrected chi connectivity index (χ1v) is 14.6. The van der Waals surface area contributed by atoms with Gasteiger partial charge in [0.2, 0.25) is 5.91 Å². The normalized spacial score (nSPS) is 18.5. The standard InChI is InChI=1S/C30H38N2O4S/c1-30(2,3)25-12-15-26(16-13-25)36-27-14-11-23-19-22(9-10-24(23)20-27)21-31-18-17-29(33)32-37(34,35)28-7-5-4-6-8-28/h4-11,14,19-20,25-26,31H,12-13,15-18,21H2,1-3H3,(H,32,33). The molecule has 7 heteroatoms. The van der Waals surface area contributed by atoms with Crippen LogP contribution in [0.15, 0.2) is 71.6 Å². The summed E-state index contributed by atoms with van der Waals surface area (Å²) < 4.78 is 32.9. The van der Waals surface area contributed by atoms with E-state index in [4.69, 9.17) is 4.74 Å². The quantitative estimate of drug-likeness (QED) is 0.347. The third-order valence-corrected chi connectivity index (χ3v) is 8.63. The first kappa shape index (κ1) is 27.1. The lowest BCUT2D eigenvalue weighted by atomic mass is 9.72. The number of fused-ring (bicyclic) bond motifs is 1. The average Bonchev–Trinajstić information content (AvgIpc) is 2.87. The zero-order valence-corrected chi connectivity index (χ0v) is 22.8. The van der Waals surface area contributed by atoms with E-state index in [1.807, 2.05) is 6.07 Å². The van der Waals surface area contributed by atoms with Gasteiger partial charge in [0.15, 0.2) is 0 Å². The van der Waals surface area contributed by atoms with E-state index in [1.54, 1.807) is 18.2 Å². The molecule has 0 unspecified atom stereocenters. The summed E-state index contributed by atoms with van der Waals surface area (Å²) in [7, 11) is -3.83. The third-order valence-electron chi connectivity index (χ3n) is 7.24. The van der Waals surface area contributed by atoms with E-state index < -0.39 is 15.9 Å². The molecule has 1 amide bonds. The average molecular weight is 523 g/mol. The maximum atomic E-state index is 12.2. The van der Waals surface area contributed by atoms with Crippen molar-refractivity contribution in [2.24, 2.45) is 11.3 Å². The van der Waals surface area contributed by atoms with E-state index in [2.05, 4.69) is 61.1 Å². The molecule has 3 aromatic carbocycles. The van der Waals surface area contributed by atoms with E-state index in [0.29, 0.717) is 24.6 Å². The Kier molecular flexibility index (Phi) is 8.55. The number of hydrogen-bond acceptors (Lipinski definition) is 5. The van der Waals surface area contributed by atoms with Gasteiger partial charge in [0.05, 0.1) is 11.0 Å². The smallest absolute Gasteiger partial charge is 0.264 e. The lowest BCUT2D eigenvalue weighted by Crippen LogP contribution is -2.32. The molecule has 37 heavy (non-hydrogen) atoms. The Morgan fingerprint density at radius 1 is 0.919 bits per heavy atom. The van der Waals surface area contributed by atoms with Gasteiger partial charge in [-0.2, -0.15) is 0 Å². The number of ether oxygens (including phenoxy) is 1. The van der Waals surface area contributed by atoms with Crippen molar-refractivity contribution in [2.75, 3.05) is 6.54 Å². The highest BCUT2D eigenvalue weighted by Gasteiger charge is 2.30. The molecule has 1 fully saturated rings. The Hall–Kier alpha value is -2.90. The largest absolute Gasteiger partial charge is 0.490 e. The Labute approximate surface area is 220 Å². The number of rotatable bonds is 9.